The molecule has 22 heavy (non-hydrogen) atoms. The molecule has 0 atom stereocenters. The van der Waals surface area contributed by atoms with E-state index in [0.717, 1.165) is 0 Å². The quantitative estimate of drug-likeness (QED) is 0.727. The molecule has 0 aliphatic heterocycles. The van der Waals surface area contributed by atoms with Crippen LogP contribution < -0.4 is 10.0 Å². The average molecular weight is 320 g/mol. The molecule has 1 aromatic carbocycles. The minimum absolute atomic E-state index is 0.221. The van der Waals surface area contributed by atoms with Crippen molar-refractivity contribution < 1.29 is 13.2 Å². The third kappa shape index (κ3) is 4.61. The van der Waals surface area contributed by atoms with Crippen molar-refractivity contribution >= 4 is 15.9 Å². The lowest BCUT2D eigenvalue weighted by atomic mass is 10.4. The number of rotatable bonds is 7. The standard InChI is InChI=1S/C14H16N4O3S/c19-14(13-11-15-9-10-16-13)17-7-4-8-18-22(20,21)12-5-2-1-3-6-12/h1-3,5-6,9-11,18H,4,7-8H2,(H,17,19). The van der Waals surface area contributed by atoms with Crippen molar-refractivity contribution in [2.75, 3.05) is 13.1 Å². The zero-order valence-electron chi connectivity index (χ0n) is 11.8. The number of carbonyl (C=O) groups is 1. The smallest absolute Gasteiger partial charge is 0.271 e. The van der Waals surface area contributed by atoms with Crippen molar-refractivity contribution in [1.29, 1.82) is 0 Å². The minimum atomic E-state index is -3.50. The lowest BCUT2D eigenvalue weighted by Crippen LogP contribution is -2.30. The molecule has 0 aliphatic carbocycles. The zero-order valence-corrected chi connectivity index (χ0v) is 12.6. The second kappa shape index (κ2) is 7.62. The SMILES string of the molecule is O=C(NCCCNS(=O)(=O)c1ccccc1)c1cnccn1. The Bertz CT molecular complexity index is 705. The predicted octanol–water partition coefficient (Wildman–Crippen LogP) is 0.575. The number of aromatic nitrogens is 2. The Labute approximate surface area is 128 Å². The number of amides is 1. The van der Waals surface area contributed by atoms with Gasteiger partial charge in [0.05, 0.1) is 11.1 Å². The van der Waals surface area contributed by atoms with Crippen molar-refractivity contribution in [3.05, 3.63) is 54.6 Å². The molecule has 0 fully saturated rings. The molecule has 7 nitrogen and oxygen atoms in total. The largest absolute Gasteiger partial charge is 0.351 e. The maximum Gasteiger partial charge on any atom is 0.271 e. The van der Waals surface area contributed by atoms with E-state index in [2.05, 4.69) is 20.0 Å². The van der Waals surface area contributed by atoms with Crippen LogP contribution in [0.3, 0.4) is 0 Å². The molecule has 0 unspecified atom stereocenters. The molecular formula is C14H16N4O3S. The first-order valence-electron chi connectivity index (χ1n) is 6.68. The molecule has 0 spiro atoms. The van der Waals surface area contributed by atoms with E-state index in [4.69, 9.17) is 0 Å². The summed E-state index contributed by atoms with van der Waals surface area (Å²) in [6, 6.07) is 8.13. The summed E-state index contributed by atoms with van der Waals surface area (Å²) in [4.78, 5) is 19.6. The van der Waals surface area contributed by atoms with Gasteiger partial charge in [0.2, 0.25) is 10.0 Å². The average Bonchev–Trinajstić information content (AvgIpc) is 2.56. The molecule has 116 valence electrons. The Morgan fingerprint density at radius 2 is 1.86 bits per heavy atom. The molecule has 0 aliphatic rings. The van der Waals surface area contributed by atoms with E-state index in [-0.39, 0.29) is 23.0 Å². The van der Waals surface area contributed by atoms with Gasteiger partial charge in [-0.15, -0.1) is 0 Å². The van der Waals surface area contributed by atoms with Crippen LogP contribution in [0.5, 0.6) is 0 Å². The summed E-state index contributed by atoms with van der Waals surface area (Å²) in [6.45, 7) is 0.574. The van der Waals surface area contributed by atoms with E-state index in [9.17, 15) is 13.2 Å². The van der Waals surface area contributed by atoms with Crippen LogP contribution >= 0.6 is 0 Å². The number of sulfonamides is 1. The van der Waals surface area contributed by atoms with E-state index in [0.29, 0.717) is 13.0 Å². The van der Waals surface area contributed by atoms with Gasteiger partial charge in [0.1, 0.15) is 5.69 Å². The van der Waals surface area contributed by atoms with Crippen molar-refractivity contribution in [1.82, 2.24) is 20.0 Å². The Hall–Kier alpha value is -2.32. The number of hydrogen-bond donors (Lipinski definition) is 2. The Balaban J connectivity index is 1.73. The van der Waals surface area contributed by atoms with Crippen LogP contribution in [0, 0.1) is 0 Å². The minimum Gasteiger partial charge on any atom is -0.351 e. The molecule has 1 aromatic heterocycles. The first-order valence-corrected chi connectivity index (χ1v) is 8.17. The fourth-order valence-corrected chi connectivity index (χ4v) is 2.78. The second-order valence-electron chi connectivity index (χ2n) is 4.41. The van der Waals surface area contributed by atoms with Gasteiger partial charge >= 0.3 is 0 Å². The van der Waals surface area contributed by atoms with Gasteiger partial charge in [0.15, 0.2) is 0 Å². The van der Waals surface area contributed by atoms with Gasteiger partial charge in [0.25, 0.3) is 5.91 Å². The normalized spacial score (nSPS) is 11.1. The third-order valence-electron chi connectivity index (χ3n) is 2.78. The number of nitrogens with zero attached hydrogens (tertiary/aromatic N) is 2. The topological polar surface area (TPSA) is 101 Å². The van der Waals surface area contributed by atoms with E-state index in [1.807, 2.05) is 0 Å². The van der Waals surface area contributed by atoms with E-state index >= 15 is 0 Å². The van der Waals surface area contributed by atoms with Gasteiger partial charge in [-0.3, -0.25) is 9.78 Å². The van der Waals surface area contributed by atoms with Crippen LogP contribution in [0.15, 0.2) is 53.8 Å². The van der Waals surface area contributed by atoms with Gasteiger partial charge in [0, 0.05) is 25.5 Å². The Morgan fingerprint density at radius 3 is 2.55 bits per heavy atom. The van der Waals surface area contributed by atoms with Crippen molar-refractivity contribution in [2.45, 2.75) is 11.3 Å². The first-order chi connectivity index (χ1) is 10.6. The molecule has 0 bridgehead atoms. The van der Waals surface area contributed by atoms with Gasteiger partial charge < -0.3 is 5.32 Å². The fourth-order valence-electron chi connectivity index (χ4n) is 1.69. The summed E-state index contributed by atoms with van der Waals surface area (Å²) >= 11 is 0. The molecule has 2 aromatic rings. The highest BCUT2D eigenvalue weighted by atomic mass is 32.2. The molecule has 0 radical (unpaired) electrons. The highest BCUT2D eigenvalue weighted by molar-refractivity contribution is 7.89. The van der Waals surface area contributed by atoms with Gasteiger partial charge in [-0.05, 0) is 18.6 Å². The summed E-state index contributed by atoms with van der Waals surface area (Å²) in [7, 11) is -3.50. The Kier molecular flexibility index (Phi) is 5.56. The maximum absolute atomic E-state index is 11.9. The molecule has 8 heteroatoms. The number of nitrogens with one attached hydrogen (secondary N) is 2. The number of benzene rings is 1. The van der Waals surface area contributed by atoms with Crippen molar-refractivity contribution in [3.8, 4) is 0 Å². The summed E-state index contributed by atoms with van der Waals surface area (Å²) in [5.41, 5.74) is 0.229. The molecule has 1 heterocycles. The van der Waals surface area contributed by atoms with Gasteiger partial charge in [-0.25, -0.2) is 18.1 Å². The summed E-state index contributed by atoms with van der Waals surface area (Å²) in [6.07, 6.45) is 4.75. The second-order valence-corrected chi connectivity index (χ2v) is 6.18. The highest BCUT2D eigenvalue weighted by Gasteiger charge is 2.12. The molecule has 2 N–H and O–H groups in total. The lowest BCUT2D eigenvalue weighted by molar-refractivity contribution is 0.0948. The van der Waals surface area contributed by atoms with Crippen LogP contribution in [0.1, 0.15) is 16.9 Å². The van der Waals surface area contributed by atoms with E-state index in [1.165, 1.54) is 30.7 Å². The maximum atomic E-state index is 11.9. The first kappa shape index (κ1) is 16.1. The van der Waals surface area contributed by atoms with Crippen LogP contribution in [-0.2, 0) is 10.0 Å². The van der Waals surface area contributed by atoms with E-state index < -0.39 is 10.0 Å². The van der Waals surface area contributed by atoms with Crippen LogP contribution in [0.4, 0.5) is 0 Å². The lowest BCUT2D eigenvalue weighted by Gasteiger charge is -2.07. The van der Waals surface area contributed by atoms with Crippen LogP contribution in [-0.4, -0.2) is 37.4 Å². The van der Waals surface area contributed by atoms with Crippen molar-refractivity contribution in [3.63, 3.8) is 0 Å². The molecule has 1 amide bonds. The van der Waals surface area contributed by atoms with Crippen LogP contribution in [0.2, 0.25) is 0 Å². The number of hydrogen-bond acceptors (Lipinski definition) is 5. The van der Waals surface area contributed by atoms with Gasteiger partial charge in [-0.2, -0.15) is 0 Å². The Morgan fingerprint density at radius 1 is 1.09 bits per heavy atom. The number of carbonyl (C=O) groups excluding carboxylic acids is 1. The summed E-state index contributed by atoms with van der Waals surface area (Å²) in [5.74, 6) is -0.334. The fraction of sp³-hybridized carbons (Fsp3) is 0.214. The van der Waals surface area contributed by atoms with E-state index in [1.54, 1.807) is 18.2 Å². The van der Waals surface area contributed by atoms with Crippen molar-refractivity contribution in [2.24, 2.45) is 0 Å². The predicted molar refractivity (Wildman–Crippen MR) is 80.6 cm³/mol. The third-order valence-corrected chi connectivity index (χ3v) is 4.26. The molecular weight excluding hydrogens is 304 g/mol. The van der Waals surface area contributed by atoms with Crippen LogP contribution in [0.25, 0.3) is 0 Å². The summed E-state index contributed by atoms with van der Waals surface area (Å²) in [5, 5.41) is 2.65. The van der Waals surface area contributed by atoms with Gasteiger partial charge in [-0.1, -0.05) is 18.2 Å². The summed E-state index contributed by atoms with van der Waals surface area (Å²) < 4.78 is 26.3. The molecule has 2 rings (SSSR count). The highest BCUT2D eigenvalue weighted by Crippen LogP contribution is 2.06. The molecule has 0 saturated heterocycles. The zero-order chi connectivity index (χ0) is 15.8. The monoisotopic (exact) mass is 320 g/mol. The molecule has 0 saturated carbocycles.